The molecule has 0 radical (unpaired) electrons. The summed E-state index contributed by atoms with van der Waals surface area (Å²) in [6.07, 6.45) is 0. The second-order valence-electron chi connectivity index (χ2n) is 8.39. The lowest BCUT2D eigenvalue weighted by Crippen LogP contribution is -2.29. The number of hydrogen-bond donors (Lipinski definition) is 2. The van der Waals surface area contributed by atoms with Crippen molar-refractivity contribution in [1.29, 1.82) is 0 Å². The maximum absolute atomic E-state index is 13.4. The monoisotopic (exact) mass is 473 g/mol. The molecule has 1 saturated heterocycles. The minimum Gasteiger partial charge on any atom is -0.507 e. The lowest BCUT2D eigenvalue weighted by molar-refractivity contribution is -0.132. The minimum atomic E-state index is -0.914. The van der Waals surface area contributed by atoms with E-state index in [1.54, 1.807) is 36.4 Å². The van der Waals surface area contributed by atoms with Gasteiger partial charge < -0.3 is 15.3 Å². The summed E-state index contributed by atoms with van der Waals surface area (Å²) < 4.78 is 13.4. The van der Waals surface area contributed by atoms with Crippen LogP contribution in [0.15, 0.2) is 78.4 Å². The third-order valence-corrected chi connectivity index (χ3v) is 5.75. The first-order chi connectivity index (χ1) is 16.7. The summed E-state index contributed by atoms with van der Waals surface area (Å²) in [7, 11) is 3.79. The summed E-state index contributed by atoms with van der Waals surface area (Å²) >= 11 is 0. The summed E-state index contributed by atoms with van der Waals surface area (Å²) in [6.45, 7) is 1.39. The van der Waals surface area contributed by atoms with E-state index in [4.69, 9.17) is 0 Å². The summed E-state index contributed by atoms with van der Waals surface area (Å²) in [5, 5.41) is 13.7. The Hall–Kier alpha value is -4.46. The molecular weight excluding hydrogens is 449 g/mol. The Labute approximate surface area is 202 Å². The number of carbonyl (C=O) groups excluding carboxylic acids is 3. The molecule has 3 aromatic carbocycles. The van der Waals surface area contributed by atoms with Gasteiger partial charge in [0.25, 0.3) is 11.7 Å². The van der Waals surface area contributed by atoms with Crippen LogP contribution >= 0.6 is 0 Å². The molecule has 178 valence electrons. The summed E-state index contributed by atoms with van der Waals surface area (Å²) in [6, 6.07) is 17.9. The van der Waals surface area contributed by atoms with Crippen molar-refractivity contribution in [2.75, 3.05) is 29.2 Å². The first kappa shape index (κ1) is 23.7. The van der Waals surface area contributed by atoms with Crippen LogP contribution in [0.5, 0.6) is 0 Å². The Balaban J connectivity index is 1.87. The molecule has 35 heavy (non-hydrogen) atoms. The highest BCUT2D eigenvalue weighted by atomic mass is 19.1. The van der Waals surface area contributed by atoms with Gasteiger partial charge in [-0.2, -0.15) is 0 Å². The van der Waals surface area contributed by atoms with Crippen LogP contribution in [0.4, 0.5) is 21.5 Å². The third-order valence-electron chi connectivity index (χ3n) is 5.75. The first-order valence-electron chi connectivity index (χ1n) is 10.9. The number of amides is 2. The number of benzene rings is 3. The number of nitrogens with one attached hydrogen (secondary N) is 1. The van der Waals surface area contributed by atoms with Gasteiger partial charge in [-0.25, -0.2) is 4.39 Å². The third kappa shape index (κ3) is 4.63. The Kier molecular flexibility index (Phi) is 6.38. The molecule has 8 heteroatoms. The Morgan fingerprint density at radius 2 is 1.54 bits per heavy atom. The Bertz CT molecular complexity index is 1310. The summed E-state index contributed by atoms with van der Waals surface area (Å²) in [5.41, 5.74) is 2.62. The maximum atomic E-state index is 13.4. The van der Waals surface area contributed by atoms with E-state index in [0.717, 1.165) is 5.69 Å². The fourth-order valence-electron chi connectivity index (χ4n) is 4.04. The van der Waals surface area contributed by atoms with Gasteiger partial charge in [0.05, 0.1) is 11.6 Å². The number of anilines is 3. The molecule has 1 atom stereocenters. The van der Waals surface area contributed by atoms with Gasteiger partial charge in [0.1, 0.15) is 11.6 Å². The molecule has 0 spiro atoms. The lowest BCUT2D eigenvalue weighted by Gasteiger charge is -2.26. The summed E-state index contributed by atoms with van der Waals surface area (Å²) in [5.74, 6) is -2.76. The van der Waals surface area contributed by atoms with E-state index >= 15 is 0 Å². The van der Waals surface area contributed by atoms with E-state index in [9.17, 15) is 23.9 Å². The number of aliphatic hydroxyl groups excluding tert-OH is 1. The van der Waals surface area contributed by atoms with E-state index in [2.05, 4.69) is 5.32 Å². The average Bonchev–Trinajstić information content (AvgIpc) is 3.10. The van der Waals surface area contributed by atoms with Crippen molar-refractivity contribution < 1.29 is 23.9 Å². The Morgan fingerprint density at radius 3 is 2.09 bits per heavy atom. The molecule has 0 saturated carbocycles. The quantitative estimate of drug-likeness (QED) is 0.324. The number of aliphatic hydroxyl groups is 1. The van der Waals surface area contributed by atoms with Crippen molar-refractivity contribution in [1.82, 2.24) is 0 Å². The highest BCUT2D eigenvalue weighted by Crippen LogP contribution is 2.42. The molecule has 2 N–H and O–H groups in total. The predicted octanol–water partition coefficient (Wildman–Crippen LogP) is 4.48. The number of halogens is 1. The van der Waals surface area contributed by atoms with E-state index in [-0.39, 0.29) is 22.8 Å². The highest BCUT2D eigenvalue weighted by molar-refractivity contribution is 6.51. The van der Waals surface area contributed by atoms with Crippen LogP contribution in [0.1, 0.15) is 24.1 Å². The number of hydrogen-bond acceptors (Lipinski definition) is 5. The van der Waals surface area contributed by atoms with Gasteiger partial charge in [-0.15, -0.1) is 0 Å². The zero-order valence-corrected chi connectivity index (χ0v) is 19.4. The van der Waals surface area contributed by atoms with Crippen LogP contribution in [0.2, 0.25) is 0 Å². The zero-order valence-electron chi connectivity index (χ0n) is 19.4. The van der Waals surface area contributed by atoms with E-state index in [1.807, 2.05) is 31.1 Å². The van der Waals surface area contributed by atoms with E-state index in [0.29, 0.717) is 16.9 Å². The highest BCUT2D eigenvalue weighted by Gasteiger charge is 2.47. The smallest absolute Gasteiger partial charge is 0.300 e. The summed E-state index contributed by atoms with van der Waals surface area (Å²) in [4.78, 5) is 41.0. The molecule has 2 amide bonds. The standard InChI is InChI=1S/C27H24FN3O4/c1-16(32)29-20-10-14-22(15-11-20)31-24(17-6-12-21(13-7-17)30(2)3)23(26(34)27(31)35)25(33)18-4-8-19(28)9-5-18/h4-15,24,33H,1-3H3,(H,29,32)/b25-23-. The van der Waals surface area contributed by atoms with Crippen LogP contribution in [0, 0.1) is 5.82 Å². The second-order valence-corrected chi connectivity index (χ2v) is 8.39. The predicted molar refractivity (Wildman–Crippen MR) is 133 cm³/mol. The van der Waals surface area contributed by atoms with Crippen LogP contribution in [0.25, 0.3) is 5.76 Å². The van der Waals surface area contributed by atoms with Crippen molar-refractivity contribution in [2.45, 2.75) is 13.0 Å². The maximum Gasteiger partial charge on any atom is 0.300 e. The molecule has 0 aliphatic carbocycles. The molecular formula is C27H24FN3O4. The van der Waals surface area contributed by atoms with Crippen molar-refractivity contribution in [3.8, 4) is 0 Å². The topological polar surface area (TPSA) is 90.0 Å². The number of carbonyl (C=O) groups is 3. The van der Waals surface area contributed by atoms with Crippen LogP contribution in [-0.4, -0.2) is 36.8 Å². The molecule has 1 fully saturated rings. The molecule has 3 aromatic rings. The van der Waals surface area contributed by atoms with Crippen molar-refractivity contribution in [2.24, 2.45) is 0 Å². The number of nitrogens with zero attached hydrogens (tertiary/aromatic N) is 2. The van der Waals surface area contributed by atoms with E-state index in [1.165, 1.54) is 36.1 Å². The number of rotatable bonds is 5. The van der Waals surface area contributed by atoms with Gasteiger partial charge in [-0.3, -0.25) is 19.3 Å². The van der Waals surface area contributed by atoms with Gasteiger partial charge in [-0.05, 0) is 66.2 Å². The van der Waals surface area contributed by atoms with Gasteiger partial charge in [0.15, 0.2) is 0 Å². The largest absolute Gasteiger partial charge is 0.507 e. The van der Waals surface area contributed by atoms with Crippen LogP contribution < -0.4 is 15.1 Å². The number of Topliss-reactive ketones (excluding diaryl/α,β-unsaturated/α-hetero) is 1. The van der Waals surface area contributed by atoms with Gasteiger partial charge in [-0.1, -0.05) is 12.1 Å². The molecule has 1 aliphatic heterocycles. The molecule has 7 nitrogen and oxygen atoms in total. The normalized spacial score (nSPS) is 16.9. The van der Waals surface area contributed by atoms with Crippen molar-refractivity contribution in [3.63, 3.8) is 0 Å². The second kappa shape index (κ2) is 9.42. The fourth-order valence-corrected chi connectivity index (χ4v) is 4.04. The van der Waals surface area contributed by atoms with Gasteiger partial charge in [0, 0.05) is 43.6 Å². The number of ketones is 1. The van der Waals surface area contributed by atoms with E-state index < -0.39 is 23.5 Å². The molecule has 4 rings (SSSR count). The van der Waals surface area contributed by atoms with Crippen molar-refractivity contribution >= 4 is 40.4 Å². The molecule has 0 bridgehead atoms. The first-order valence-corrected chi connectivity index (χ1v) is 10.9. The van der Waals surface area contributed by atoms with Crippen LogP contribution in [-0.2, 0) is 14.4 Å². The molecule has 1 unspecified atom stereocenters. The SMILES string of the molecule is CC(=O)Nc1ccc(N2C(=O)C(=O)/C(=C(\O)c3ccc(F)cc3)C2c2ccc(N(C)C)cc2)cc1. The lowest BCUT2D eigenvalue weighted by atomic mass is 9.95. The average molecular weight is 474 g/mol. The zero-order chi connectivity index (χ0) is 25.3. The van der Waals surface area contributed by atoms with Crippen molar-refractivity contribution in [3.05, 3.63) is 95.3 Å². The Morgan fingerprint density at radius 1 is 0.943 bits per heavy atom. The molecule has 0 aromatic heterocycles. The molecule has 1 heterocycles. The molecule has 1 aliphatic rings. The van der Waals surface area contributed by atoms with Gasteiger partial charge in [0.2, 0.25) is 5.91 Å². The fraction of sp³-hybridized carbons (Fsp3) is 0.148. The van der Waals surface area contributed by atoms with Crippen LogP contribution in [0.3, 0.4) is 0 Å². The van der Waals surface area contributed by atoms with Gasteiger partial charge >= 0.3 is 0 Å². The minimum absolute atomic E-state index is 0.0925.